The van der Waals surface area contributed by atoms with Gasteiger partial charge in [-0.2, -0.15) is 0 Å². The molecule has 0 radical (unpaired) electrons. The fourth-order valence-corrected chi connectivity index (χ4v) is 1.76. The third-order valence-corrected chi connectivity index (χ3v) is 2.67. The zero-order valence-electron chi connectivity index (χ0n) is 10.5. The Morgan fingerprint density at radius 1 is 1.42 bits per heavy atom. The maximum atomic E-state index is 13.9. The van der Waals surface area contributed by atoms with Gasteiger partial charge in [-0.05, 0) is 13.0 Å². The molecule has 0 aliphatic carbocycles. The van der Waals surface area contributed by atoms with Gasteiger partial charge in [-0.25, -0.2) is 9.18 Å². The van der Waals surface area contributed by atoms with Crippen molar-refractivity contribution in [1.82, 2.24) is 0 Å². The van der Waals surface area contributed by atoms with Crippen molar-refractivity contribution in [3.63, 3.8) is 0 Å². The van der Waals surface area contributed by atoms with Crippen LogP contribution in [0.4, 0.5) is 4.39 Å². The summed E-state index contributed by atoms with van der Waals surface area (Å²) in [5.74, 6) is -1.03. The normalized spacial score (nSPS) is 15.5. The second kappa shape index (κ2) is 5.88. The monoisotopic (exact) mass is 270 g/mol. The molecule has 1 aliphatic heterocycles. The van der Waals surface area contributed by atoms with Gasteiger partial charge in [-0.15, -0.1) is 0 Å². The zero-order chi connectivity index (χ0) is 13.8. The van der Waals surface area contributed by atoms with Crippen LogP contribution in [0.25, 0.3) is 0 Å². The maximum absolute atomic E-state index is 13.9. The molecule has 6 heteroatoms. The van der Waals surface area contributed by atoms with Crippen molar-refractivity contribution in [3.05, 3.63) is 23.5 Å². The minimum absolute atomic E-state index is 0.113. The summed E-state index contributed by atoms with van der Waals surface area (Å²) in [5.41, 5.74) is -0.178. The highest BCUT2D eigenvalue weighted by atomic mass is 19.1. The number of aliphatic hydroxyl groups excluding tert-OH is 1. The van der Waals surface area contributed by atoms with Crippen molar-refractivity contribution >= 4 is 5.97 Å². The van der Waals surface area contributed by atoms with Gasteiger partial charge in [0, 0.05) is 18.1 Å². The summed E-state index contributed by atoms with van der Waals surface area (Å²) in [4.78, 5) is 11.4. The van der Waals surface area contributed by atoms with Gasteiger partial charge in [0.25, 0.3) is 0 Å². The summed E-state index contributed by atoms with van der Waals surface area (Å²) in [6.45, 7) is 2.59. The summed E-state index contributed by atoms with van der Waals surface area (Å²) in [7, 11) is 0. The Balaban J connectivity index is 2.31. The molecule has 0 aromatic heterocycles. The number of esters is 1. The van der Waals surface area contributed by atoms with Gasteiger partial charge in [0.1, 0.15) is 5.82 Å². The van der Waals surface area contributed by atoms with E-state index in [9.17, 15) is 14.3 Å². The Morgan fingerprint density at radius 3 is 2.68 bits per heavy atom. The van der Waals surface area contributed by atoms with Gasteiger partial charge < -0.3 is 19.3 Å². The van der Waals surface area contributed by atoms with E-state index in [-0.39, 0.29) is 17.9 Å². The van der Waals surface area contributed by atoms with Gasteiger partial charge in [0.2, 0.25) is 0 Å². The number of hydrogen-bond acceptors (Lipinski definition) is 5. The molecule has 1 aromatic rings. The van der Waals surface area contributed by atoms with Crippen LogP contribution in [0.5, 0.6) is 11.5 Å². The highest BCUT2D eigenvalue weighted by Gasteiger charge is 2.25. The van der Waals surface area contributed by atoms with Crippen LogP contribution in [0.15, 0.2) is 12.1 Å². The highest BCUT2D eigenvalue weighted by Crippen LogP contribution is 2.34. The predicted octanol–water partition coefficient (Wildman–Crippen LogP) is 1.58. The van der Waals surface area contributed by atoms with Crippen molar-refractivity contribution in [2.45, 2.75) is 19.4 Å². The number of fused-ring (bicyclic) bond motifs is 1. The third-order valence-electron chi connectivity index (χ3n) is 2.67. The Kier molecular flexibility index (Phi) is 4.21. The lowest BCUT2D eigenvalue weighted by atomic mass is 10.1. The van der Waals surface area contributed by atoms with E-state index < -0.39 is 17.9 Å². The van der Waals surface area contributed by atoms with Gasteiger partial charge in [0.15, 0.2) is 17.6 Å². The Morgan fingerprint density at radius 2 is 2.05 bits per heavy atom. The molecule has 0 fully saturated rings. The van der Waals surface area contributed by atoms with Crippen LogP contribution in [0, 0.1) is 5.82 Å². The zero-order valence-corrected chi connectivity index (χ0v) is 10.5. The van der Waals surface area contributed by atoms with Crippen molar-refractivity contribution in [3.8, 4) is 11.5 Å². The molecule has 0 amide bonds. The molecule has 19 heavy (non-hydrogen) atoms. The summed E-state index contributed by atoms with van der Waals surface area (Å²) in [5, 5.41) is 9.76. The van der Waals surface area contributed by atoms with Gasteiger partial charge in [-0.1, -0.05) is 0 Å². The molecular weight excluding hydrogens is 255 g/mol. The summed E-state index contributed by atoms with van der Waals surface area (Å²) >= 11 is 0. The number of carbonyl (C=O) groups is 1. The van der Waals surface area contributed by atoms with Crippen LogP contribution in [-0.2, 0) is 9.53 Å². The van der Waals surface area contributed by atoms with Crippen molar-refractivity contribution < 1.29 is 28.5 Å². The molecule has 0 bridgehead atoms. The van der Waals surface area contributed by atoms with E-state index >= 15 is 0 Å². The van der Waals surface area contributed by atoms with Crippen LogP contribution in [-0.4, -0.2) is 30.9 Å². The summed E-state index contributed by atoms with van der Waals surface area (Å²) in [6.07, 6.45) is -0.983. The molecule has 1 aliphatic rings. The molecule has 0 saturated heterocycles. The van der Waals surface area contributed by atoms with Crippen LogP contribution in [0.1, 0.15) is 25.0 Å². The van der Waals surface area contributed by atoms with Crippen molar-refractivity contribution in [2.24, 2.45) is 0 Å². The molecule has 1 heterocycles. The van der Waals surface area contributed by atoms with Crippen molar-refractivity contribution in [1.29, 1.82) is 0 Å². The second-order valence-electron chi connectivity index (χ2n) is 4.03. The van der Waals surface area contributed by atoms with Crippen LogP contribution < -0.4 is 9.47 Å². The van der Waals surface area contributed by atoms with E-state index in [4.69, 9.17) is 9.47 Å². The van der Waals surface area contributed by atoms with Crippen LogP contribution in [0.2, 0.25) is 0 Å². The molecule has 104 valence electrons. The quantitative estimate of drug-likeness (QED) is 0.845. The number of aliphatic hydroxyl groups is 1. The van der Waals surface area contributed by atoms with E-state index in [1.54, 1.807) is 6.92 Å². The van der Waals surface area contributed by atoms with Gasteiger partial charge >= 0.3 is 5.97 Å². The standard InChI is InChI=1S/C13H15FO5/c1-2-17-13(16)12(15)8-6-10-11(7-9(8)14)19-5-3-4-18-10/h6-7,12,15H,2-5H2,1H3. The number of rotatable bonds is 3. The first-order valence-electron chi connectivity index (χ1n) is 6.07. The topological polar surface area (TPSA) is 65.0 Å². The molecule has 0 spiro atoms. The highest BCUT2D eigenvalue weighted by molar-refractivity contribution is 5.76. The molecule has 1 unspecified atom stereocenters. The van der Waals surface area contributed by atoms with Crippen LogP contribution in [0.3, 0.4) is 0 Å². The first-order chi connectivity index (χ1) is 9.13. The smallest absolute Gasteiger partial charge is 0.339 e. The summed E-state index contributed by atoms with van der Waals surface area (Å²) < 4.78 is 29.2. The minimum Gasteiger partial charge on any atom is -0.490 e. The fraction of sp³-hybridized carbons (Fsp3) is 0.462. The molecule has 1 N–H and O–H groups in total. The number of hydrogen-bond donors (Lipinski definition) is 1. The SMILES string of the molecule is CCOC(=O)C(O)c1cc2c(cc1F)OCCCO2. The average molecular weight is 270 g/mol. The lowest BCUT2D eigenvalue weighted by Crippen LogP contribution is -2.16. The van der Waals surface area contributed by atoms with E-state index in [1.165, 1.54) is 6.07 Å². The fourth-order valence-electron chi connectivity index (χ4n) is 1.76. The molecule has 2 rings (SSSR count). The van der Waals surface area contributed by atoms with Crippen molar-refractivity contribution in [2.75, 3.05) is 19.8 Å². The molecule has 1 aromatic carbocycles. The Labute approximate surface area is 109 Å². The predicted molar refractivity (Wildman–Crippen MR) is 63.6 cm³/mol. The second-order valence-corrected chi connectivity index (χ2v) is 4.03. The molecule has 0 saturated carbocycles. The number of halogens is 1. The number of carbonyl (C=O) groups excluding carboxylic acids is 1. The average Bonchev–Trinajstić information content (AvgIpc) is 2.62. The summed E-state index contributed by atoms with van der Waals surface area (Å²) in [6, 6.07) is 2.38. The van der Waals surface area contributed by atoms with Gasteiger partial charge in [-0.3, -0.25) is 0 Å². The number of ether oxygens (including phenoxy) is 3. The lowest BCUT2D eigenvalue weighted by molar-refractivity contribution is -0.153. The van der Waals surface area contributed by atoms with E-state index in [1.807, 2.05) is 0 Å². The first-order valence-corrected chi connectivity index (χ1v) is 6.07. The third kappa shape index (κ3) is 2.96. The van der Waals surface area contributed by atoms with E-state index in [0.29, 0.717) is 25.4 Å². The Bertz CT molecular complexity index is 474. The number of benzene rings is 1. The Hall–Kier alpha value is -1.82. The molecule has 1 atom stereocenters. The maximum Gasteiger partial charge on any atom is 0.339 e. The first kappa shape index (κ1) is 13.6. The van der Waals surface area contributed by atoms with Crippen LogP contribution >= 0.6 is 0 Å². The van der Waals surface area contributed by atoms with Gasteiger partial charge in [0.05, 0.1) is 19.8 Å². The minimum atomic E-state index is -1.67. The molecule has 5 nitrogen and oxygen atoms in total. The van der Waals surface area contributed by atoms with E-state index in [2.05, 4.69) is 4.74 Å². The molecular formula is C13H15FO5. The largest absolute Gasteiger partial charge is 0.490 e. The lowest BCUT2D eigenvalue weighted by Gasteiger charge is -2.14. The van der Waals surface area contributed by atoms with E-state index in [0.717, 1.165) is 6.07 Å².